The van der Waals surface area contributed by atoms with Crippen LogP contribution in [0.1, 0.15) is 18.5 Å². The molecule has 3 N–H and O–H groups in total. The van der Waals surface area contributed by atoms with E-state index in [4.69, 9.17) is 5.11 Å². The third-order valence-corrected chi connectivity index (χ3v) is 2.37. The van der Waals surface area contributed by atoms with Crippen molar-refractivity contribution in [1.29, 1.82) is 0 Å². The van der Waals surface area contributed by atoms with E-state index in [9.17, 15) is 14.4 Å². The number of nitrogens with zero attached hydrogens (tertiary/aromatic N) is 1. The number of carboxylic acid groups (broad SMARTS) is 1. The van der Waals surface area contributed by atoms with E-state index in [2.05, 4.69) is 10.3 Å². The highest BCUT2D eigenvalue weighted by Crippen LogP contribution is 1.99. The summed E-state index contributed by atoms with van der Waals surface area (Å²) in [6.45, 7) is 0.224. The number of carbonyl (C=O) groups excluding carboxylic acids is 2. The summed E-state index contributed by atoms with van der Waals surface area (Å²) in [5, 5.41) is 14.6. The van der Waals surface area contributed by atoms with E-state index in [0.717, 1.165) is 0 Å². The van der Waals surface area contributed by atoms with E-state index < -0.39 is 17.9 Å². The molecule has 1 rings (SSSR count). The number of amides is 3. The molecule has 1 aromatic rings. The highest BCUT2D eigenvalue weighted by Gasteiger charge is 2.09. The molecule has 1 heterocycles. The van der Waals surface area contributed by atoms with Crippen molar-refractivity contribution in [3.8, 4) is 0 Å². The van der Waals surface area contributed by atoms with Gasteiger partial charge in [0.25, 0.3) is 0 Å². The minimum atomic E-state index is -1.08. The molecule has 92 valence electrons. The first-order chi connectivity index (χ1) is 8.08. The third-order valence-electron chi connectivity index (χ3n) is 1.73. The Bertz CT molecular complexity index is 404. The molecule has 0 saturated carbocycles. The number of nitrogens with one attached hydrogen (secondary N) is 2. The summed E-state index contributed by atoms with van der Waals surface area (Å²) < 4.78 is 0. The summed E-state index contributed by atoms with van der Waals surface area (Å²) in [6, 6.07) is -0.659. The smallest absolute Gasteiger partial charge is 0.321 e. The lowest BCUT2D eigenvalue weighted by Crippen LogP contribution is -2.39. The van der Waals surface area contributed by atoms with E-state index in [-0.39, 0.29) is 19.4 Å². The van der Waals surface area contributed by atoms with E-state index in [1.54, 1.807) is 10.9 Å². The maximum atomic E-state index is 11.2. The summed E-state index contributed by atoms with van der Waals surface area (Å²) >= 11 is 1.40. The van der Waals surface area contributed by atoms with E-state index >= 15 is 0 Å². The van der Waals surface area contributed by atoms with Crippen LogP contribution in [-0.4, -0.2) is 28.0 Å². The molecule has 0 aliphatic carbocycles. The second-order valence-corrected chi connectivity index (χ2v) is 3.82. The van der Waals surface area contributed by atoms with Crippen LogP contribution in [0.5, 0.6) is 0 Å². The van der Waals surface area contributed by atoms with Crippen LogP contribution in [0.15, 0.2) is 10.9 Å². The zero-order valence-corrected chi connectivity index (χ0v) is 9.62. The van der Waals surface area contributed by atoms with Crippen LogP contribution >= 0.6 is 11.3 Å². The number of rotatable bonds is 5. The van der Waals surface area contributed by atoms with Gasteiger partial charge in [0.15, 0.2) is 0 Å². The molecule has 0 saturated heterocycles. The number of carboxylic acids is 1. The molecule has 0 unspecified atom stereocenters. The molecule has 17 heavy (non-hydrogen) atoms. The number of urea groups is 1. The number of aliphatic carboxylic acids is 1. The molecule has 0 spiro atoms. The molecular weight excluding hydrogens is 246 g/mol. The second-order valence-electron chi connectivity index (χ2n) is 3.10. The van der Waals surface area contributed by atoms with Crippen LogP contribution in [0.25, 0.3) is 0 Å². The molecule has 7 nitrogen and oxygen atoms in total. The molecule has 1 aromatic heterocycles. The van der Waals surface area contributed by atoms with Gasteiger partial charge in [-0.15, -0.1) is 11.3 Å². The van der Waals surface area contributed by atoms with Gasteiger partial charge in [-0.3, -0.25) is 14.9 Å². The van der Waals surface area contributed by atoms with E-state index in [1.165, 1.54) is 11.3 Å². The number of hydrogen-bond acceptors (Lipinski definition) is 5. The van der Waals surface area contributed by atoms with Gasteiger partial charge in [0, 0.05) is 11.8 Å². The number of thiazole rings is 1. The largest absolute Gasteiger partial charge is 0.481 e. The molecule has 0 radical (unpaired) electrons. The minimum absolute atomic E-state index is 0.223. The summed E-state index contributed by atoms with van der Waals surface area (Å²) in [5.74, 6) is -1.70. The molecule has 0 bridgehead atoms. The minimum Gasteiger partial charge on any atom is -0.481 e. The van der Waals surface area contributed by atoms with Crippen molar-refractivity contribution in [2.24, 2.45) is 0 Å². The maximum absolute atomic E-state index is 11.2. The highest BCUT2D eigenvalue weighted by molar-refractivity contribution is 7.07. The number of aromatic nitrogens is 1. The topological polar surface area (TPSA) is 108 Å². The van der Waals surface area contributed by atoms with Crippen molar-refractivity contribution in [1.82, 2.24) is 15.6 Å². The average Bonchev–Trinajstić information content (AvgIpc) is 2.76. The fourth-order valence-electron chi connectivity index (χ4n) is 0.949. The fraction of sp³-hybridized carbons (Fsp3) is 0.333. The first-order valence-electron chi connectivity index (χ1n) is 4.74. The number of imide groups is 1. The predicted molar refractivity (Wildman–Crippen MR) is 59.4 cm³/mol. The van der Waals surface area contributed by atoms with E-state index in [1.807, 2.05) is 5.32 Å². The lowest BCUT2D eigenvalue weighted by Gasteiger charge is -2.04. The SMILES string of the molecule is O=C(O)CCC(=O)NC(=O)NCc1cscn1. The van der Waals surface area contributed by atoms with Crippen molar-refractivity contribution >= 4 is 29.2 Å². The van der Waals surface area contributed by atoms with Crippen molar-refractivity contribution < 1.29 is 19.5 Å². The monoisotopic (exact) mass is 257 g/mol. The van der Waals surface area contributed by atoms with Gasteiger partial charge in [0.2, 0.25) is 5.91 Å². The predicted octanol–water partition coefficient (Wildman–Crippen LogP) is 0.334. The van der Waals surface area contributed by atoms with Gasteiger partial charge in [0.05, 0.1) is 24.2 Å². The Morgan fingerprint density at radius 1 is 1.35 bits per heavy atom. The van der Waals surface area contributed by atoms with Gasteiger partial charge in [-0.1, -0.05) is 0 Å². The Balaban J connectivity index is 2.20. The first-order valence-corrected chi connectivity index (χ1v) is 5.68. The molecule has 8 heteroatoms. The van der Waals surface area contributed by atoms with Gasteiger partial charge < -0.3 is 10.4 Å². The Morgan fingerprint density at radius 3 is 2.71 bits per heavy atom. The van der Waals surface area contributed by atoms with Crippen molar-refractivity contribution in [2.45, 2.75) is 19.4 Å². The van der Waals surface area contributed by atoms with Gasteiger partial charge >= 0.3 is 12.0 Å². The maximum Gasteiger partial charge on any atom is 0.321 e. The third kappa shape index (κ3) is 5.61. The molecule has 0 atom stereocenters. The van der Waals surface area contributed by atoms with Gasteiger partial charge in [-0.05, 0) is 0 Å². The average molecular weight is 257 g/mol. The second kappa shape index (κ2) is 6.59. The van der Waals surface area contributed by atoms with Crippen LogP contribution in [-0.2, 0) is 16.1 Å². The van der Waals surface area contributed by atoms with Crippen molar-refractivity contribution in [2.75, 3.05) is 0 Å². The number of carbonyl (C=O) groups is 3. The van der Waals surface area contributed by atoms with Crippen LogP contribution in [0.2, 0.25) is 0 Å². The normalized spacial score (nSPS) is 9.65. The Kier molecular flexibility index (Phi) is 5.08. The molecule has 0 fully saturated rings. The molecule has 3 amide bonds. The lowest BCUT2D eigenvalue weighted by atomic mass is 10.3. The number of hydrogen-bond donors (Lipinski definition) is 3. The fourth-order valence-corrected chi connectivity index (χ4v) is 1.51. The summed E-state index contributed by atoms with van der Waals surface area (Å²) in [4.78, 5) is 36.4. The van der Waals surface area contributed by atoms with Gasteiger partial charge in [-0.2, -0.15) is 0 Å². The summed E-state index contributed by atoms with van der Waals surface area (Å²) in [5.41, 5.74) is 2.33. The quantitative estimate of drug-likeness (QED) is 0.704. The van der Waals surface area contributed by atoms with Gasteiger partial charge in [0.1, 0.15) is 0 Å². The first kappa shape index (κ1) is 13.1. The molecule has 0 aliphatic heterocycles. The lowest BCUT2D eigenvalue weighted by molar-refractivity contribution is -0.138. The standard InChI is InChI=1S/C9H11N3O4S/c13-7(1-2-8(14)15)12-9(16)10-3-6-4-17-5-11-6/h4-5H,1-3H2,(H,14,15)(H2,10,12,13,16). The van der Waals surface area contributed by atoms with Crippen LogP contribution < -0.4 is 10.6 Å². The van der Waals surface area contributed by atoms with Crippen LogP contribution in [0, 0.1) is 0 Å². The molecular formula is C9H11N3O4S. The van der Waals surface area contributed by atoms with E-state index in [0.29, 0.717) is 5.69 Å². The van der Waals surface area contributed by atoms with Crippen molar-refractivity contribution in [3.63, 3.8) is 0 Å². The Morgan fingerprint density at radius 2 is 2.12 bits per heavy atom. The van der Waals surface area contributed by atoms with Crippen LogP contribution in [0.3, 0.4) is 0 Å². The zero-order valence-electron chi connectivity index (χ0n) is 8.80. The Hall–Kier alpha value is -1.96. The van der Waals surface area contributed by atoms with Gasteiger partial charge in [-0.25, -0.2) is 9.78 Å². The van der Waals surface area contributed by atoms with Crippen molar-refractivity contribution in [3.05, 3.63) is 16.6 Å². The summed E-state index contributed by atoms with van der Waals surface area (Å²) in [7, 11) is 0. The highest BCUT2D eigenvalue weighted by atomic mass is 32.1. The Labute approximate surface area is 101 Å². The molecule has 0 aromatic carbocycles. The van der Waals surface area contributed by atoms with Crippen LogP contribution in [0.4, 0.5) is 4.79 Å². The summed E-state index contributed by atoms with van der Waals surface area (Å²) in [6.07, 6.45) is -0.523. The zero-order chi connectivity index (χ0) is 12.7. The molecule has 0 aliphatic rings.